The van der Waals surface area contributed by atoms with E-state index in [1.54, 1.807) is 12.4 Å². The molecule has 0 aliphatic rings. The molecule has 21 aromatic rings. The van der Waals surface area contributed by atoms with Crippen molar-refractivity contribution in [2.24, 2.45) is 0 Å². The third-order valence-electron chi connectivity index (χ3n) is 20.3. The first kappa shape index (κ1) is 56.8. The van der Waals surface area contributed by atoms with E-state index in [9.17, 15) is 0 Å². The van der Waals surface area contributed by atoms with Crippen LogP contribution >= 0.6 is 0 Å². The lowest BCUT2D eigenvalue weighted by Gasteiger charge is -2.14. The van der Waals surface area contributed by atoms with Crippen LogP contribution < -0.4 is 0 Å². The second-order valence-electron chi connectivity index (χ2n) is 25.9. The van der Waals surface area contributed by atoms with E-state index in [4.69, 9.17) is 20.2 Å². The molecule has 7 heteroatoms. The van der Waals surface area contributed by atoms with Gasteiger partial charge in [0.05, 0.1) is 33.3 Å². The molecule has 0 radical (unpaired) electrons. The zero-order valence-corrected chi connectivity index (χ0v) is 54.0. The molecule has 0 atom stereocenters. The van der Waals surface area contributed by atoms with Crippen molar-refractivity contribution in [3.8, 4) is 67.7 Å². The Balaban J connectivity index is 0.000000140. The van der Waals surface area contributed by atoms with Gasteiger partial charge in [0, 0.05) is 83.7 Å². The van der Waals surface area contributed by atoms with Crippen molar-refractivity contribution in [2.75, 3.05) is 0 Å². The maximum absolute atomic E-state index is 5.06. The molecule has 5 aromatic heterocycles. The lowest BCUT2D eigenvalue weighted by molar-refractivity contribution is 1.06. The molecule has 0 amide bonds. The number of para-hydroxylation sites is 1. The van der Waals surface area contributed by atoms with Gasteiger partial charge < -0.3 is 9.13 Å². The number of aromatic nitrogens is 7. The maximum Gasteiger partial charge on any atom is 0.160 e. The van der Waals surface area contributed by atoms with Gasteiger partial charge in [-0.3, -0.25) is 4.98 Å². The second-order valence-corrected chi connectivity index (χ2v) is 25.9. The molecule has 7 nitrogen and oxygen atoms in total. The minimum Gasteiger partial charge on any atom is -0.309 e. The van der Waals surface area contributed by atoms with Crippen molar-refractivity contribution in [3.63, 3.8) is 0 Å². The van der Waals surface area contributed by atoms with Gasteiger partial charge in [0.1, 0.15) is 11.4 Å². The van der Waals surface area contributed by atoms with Crippen molar-refractivity contribution in [2.45, 2.75) is 0 Å². The van der Waals surface area contributed by atoms with Crippen molar-refractivity contribution in [1.29, 1.82) is 0 Å². The molecule has 0 bridgehead atoms. The van der Waals surface area contributed by atoms with Gasteiger partial charge in [-0.15, -0.1) is 10.2 Å². The number of hydrogen-bond donors (Lipinski definition) is 0. The highest BCUT2D eigenvalue weighted by Gasteiger charge is 2.22. The van der Waals surface area contributed by atoms with Crippen LogP contribution in [0, 0.1) is 0 Å². The Hall–Kier alpha value is -13.5. The van der Waals surface area contributed by atoms with Crippen LogP contribution in [0.2, 0.25) is 0 Å². The Morgan fingerprint density at radius 2 is 0.670 bits per heavy atom. The summed E-state index contributed by atoms with van der Waals surface area (Å²) >= 11 is 0. The monoisotopic (exact) mass is 1270 g/mol. The molecule has 0 aliphatic carbocycles. The fourth-order valence-corrected chi connectivity index (χ4v) is 15.6. The number of pyridine rings is 1. The standard InChI is InChI=1S/C54H33N3.C39H24N4/c1-2-12-34(13-3-1)42-27-28-48(45-19-9-8-18-44(42)45)54-47-21-11-10-20-46(47)53(55-56-54)40-23-22-39-31-41(26-24-38(39)30-40)57-50-29-25-35-14-6-7-17-43(35)52(50)49-32-36-15-4-5-16-37(36)33-51(49)57;1-2-9-29-24-36-33(23-28(29)8-1)37-31-10-4-3-7-25(31)15-18-35(37)43(36)30-16-13-27(14-17-30)39-41-34-12-6-5-11-32(34)38(42-39)26-19-21-40-22-20-26/h1-33H;1-24H. The smallest absolute Gasteiger partial charge is 0.160 e. The van der Waals surface area contributed by atoms with Gasteiger partial charge in [-0.25, -0.2) is 9.97 Å². The summed E-state index contributed by atoms with van der Waals surface area (Å²) in [6, 6.07) is 120. The molecule has 0 N–H and O–H groups in total. The first-order chi connectivity index (χ1) is 49.6. The fourth-order valence-electron chi connectivity index (χ4n) is 15.6. The third kappa shape index (κ3) is 9.32. The molecule has 21 rings (SSSR count). The van der Waals surface area contributed by atoms with Crippen LogP contribution in [0.4, 0.5) is 0 Å². The Bertz CT molecular complexity index is 6900. The largest absolute Gasteiger partial charge is 0.309 e. The van der Waals surface area contributed by atoms with Gasteiger partial charge in [-0.1, -0.05) is 237 Å². The lowest BCUT2D eigenvalue weighted by Crippen LogP contribution is -1.97. The molecule has 0 spiro atoms. The van der Waals surface area contributed by atoms with E-state index < -0.39 is 0 Å². The Labute approximate surface area is 574 Å². The second kappa shape index (κ2) is 23.1. The average Bonchev–Trinajstić information content (AvgIpc) is 1.54. The van der Waals surface area contributed by atoms with Crippen LogP contribution in [0.15, 0.2) is 346 Å². The predicted octanol–water partition coefficient (Wildman–Crippen LogP) is 24.1. The highest BCUT2D eigenvalue weighted by molar-refractivity contribution is 6.25. The van der Waals surface area contributed by atoms with Crippen molar-refractivity contribution >= 4 is 130 Å². The minimum absolute atomic E-state index is 0.705. The van der Waals surface area contributed by atoms with Crippen LogP contribution in [0.1, 0.15) is 0 Å². The van der Waals surface area contributed by atoms with Crippen LogP contribution in [0.25, 0.3) is 198 Å². The molecule has 0 unspecified atom stereocenters. The SMILES string of the molecule is c1ccc(-c2ccc(-c3nnc(-c4ccc5cc(-n6c7cc8ccccc8cc7c7c8ccccc8ccc76)ccc5c4)c4ccccc34)c3ccccc23)cc1.c1ccc2cc3c(cc2c1)c1c2ccccc2ccc1n3-c1ccc(-c2nc(-c3ccncc3)c3ccccc3n2)cc1. The van der Waals surface area contributed by atoms with Gasteiger partial charge in [0.15, 0.2) is 5.82 Å². The van der Waals surface area contributed by atoms with Crippen molar-refractivity contribution in [3.05, 3.63) is 346 Å². The third-order valence-corrected chi connectivity index (χ3v) is 20.3. The molecule has 0 aliphatic heterocycles. The first-order valence-electron chi connectivity index (χ1n) is 33.9. The van der Waals surface area contributed by atoms with Gasteiger partial charge >= 0.3 is 0 Å². The molecule has 0 saturated heterocycles. The summed E-state index contributed by atoms with van der Waals surface area (Å²) in [4.78, 5) is 14.2. The Kier molecular flexibility index (Phi) is 13.1. The highest BCUT2D eigenvalue weighted by Crippen LogP contribution is 2.44. The highest BCUT2D eigenvalue weighted by atomic mass is 15.1. The summed E-state index contributed by atoms with van der Waals surface area (Å²) < 4.78 is 4.82. The Morgan fingerprint density at radius 1 is 0.220 bits per heavy atom. The number of fused-ring (bicyclic) bond motifs is 16. The van der Waals surface area contributed by atoms with E-state index in [0.717, 1.165) is 83.2 Å². The number of benzene rings is 16. The van der Waals surface area contributed by atoms with Crippen LogP contribution in [-0.2, 0) is 0 Å². The normalized spacial score (nSPS) is 11.8. The topological polar surface area (TPSA) is 74.3 Å². The molecule has 0 saturated carbocycles. The molecule has 5 heterocycles. The summed E-state index contributed by atoms with van der Waals surface area (Å²) in [5.41, 5.74) is 17.2. The molecule has 464 valence electrons. The van der Waals surface area contributed by atoms with Gasteiger partial charge in [-0.2, -0.15) is 0 Å². The summed E-state index contributed by atoms with van der Waals surface area (Å²) in [6.07, 6.45) is 3.61. The van der Waals surface area contributed by atoms with E-state index in [1.807, 2.05) is 30.3 Å². The maximum atomic E-state index is 5.06. The summed E-state index contributed by atoms with van der Waals surface area (Å²) in [5, 5.41) is 32.9. The van der Waals surface area contributed by atoms with E-state index in [0.29, 0.717) is 5.82 Å². The number of nitrogens with zero attached hydrogens (tertiary/aromatic N) is 7. The van der Waals surface area contributed by atoms with Gasteiger partial charge in [-0.05, 0) is 173 Å². The van der Waals surface area contributed by atoms with E-state index in [-0.39, 0.29) is 0 Å². The number of rotatable bonds is 7. The molecule has 16 aromatic carbocycles. The molecule has 0 fully saturated rings. The van der Waals surface area contributed by atoms with E-state index in [1.165, 1.54) is 109 Å². The van der Waals surface area contributed by atoms with Gasteiger partial charge in [0.2, 0.25) is 0 Å². The van der Waals surface area contributed by atoms with Crippen molar-refractivity contribution in [1.82, 2.24) is 34.3 Å². The summed E-state index contributed by atoms with van der Waals surface area (Å²) in [5.74, 6) is 0.705. The molecule has 100 heavy (non-hydrogen) atoms. The summed E-state index contributed by atoms with van der Waals surface area (Å²) in [6.45, 7) is 0. The predicted molar refractivity (Wildman–Crippen MR) is 418 cm³/mol. The quantitative estimate of drug-likeness (QED) is 0.159. The van der Waals surface area contributed by atoms with E-state index in [2.05, 4.69) is 317 Å². The van der Waals surface area contributed by atoms with Crippen LogP contribution in [0.5, 0.6) is 0 Å². The Morgan fingerprint density at radius 3 is 1.31 bits per heavy atom. The number of hydrogen-bond acceptors (Lipinski definition) is 5. The fraction of sp³-hybridized carbons (Fsp3) is 0. The van der Waals surface area contributed by atoms with Gasteiger partial charge in [0.25, 0.3) is 0 Å². The van der Waals surface area contributed by atoms with E-state index >= 15 is 0 Å². The first-order valence-corrected chi connectivity index (χ1v) is 33.9. The average molecular weight is 1270 g/mol. The van der Waals surface area contributed by atoms with Crippen LogP contribution in [0.3, 0.4) is 0 Å². The van der Waals surface area contributed by atoms with Crippen molar-refractivity contribution < 1.29 is 0 Å². The van der Waals surface area contributed by atoms with Crippen LogP contribution in [-0.4, -0.2) is 34.3 Å². The minimum atomic E-state index is 0.705. The lowest BCUT2D eigenvalue weighted by atomic mass is 9.92. The summed E-state index contributed by atoms with van der Waals surface area (Å²) in [7, 11) is 0. The molecular formula is C93H57N7. The molecular weight excluding hydrogens is 1220 g/mol. The zero-order chi connectivity index (χ0) is 65.8. The zero-order valence-electron chi connectivity index (χ0n) is 54.0.